The standard InChI is InChI=1S/C23H18BrClN6O3/c1-3-34-23(32)20-21(25)26-12(2)31(20)10-16-13-8-9-33-11-17(13)19(24)18(16)14-6-4-5-7-15(14)22-27-29-30-28-22/h4-9,11H,3,10H2,1-2H3,(H,27,28,29,30). The van der Waals surface area contributed by atoms with E-state index in [-0.39, 0.29) is 17.5 Å². The average Bonchev–Trinajstić information content (AvgIpc) is 3.53. The third-order valence-corrected chi connectivity index (χ3v) is 6.66. The number of imidazole rings is 1. The van der Waals surface area contributed by atoms with Crippen LogP contribution in [0.15, 0.2) is 51.7 Å². The van der Waals surface area contributed by atoms with Crippen molar-refractivity contribution < 1.29 is 13.9 Å². The number of ether oxygens (including phenoxy) is 1. The second-order valence-electron chi connectivity index (χ2n) is 7.45. The van der Waals surface area contributed by atoms with Gasteiger partial charge in [0, 0.05) is 21.2 Å². The number of hydrogen-bond donors (Lipinski definition) is 1. The van der Waals surface area contributed by atoms with Crippen molar-refractivity contribution in [2.75, 3.05) is 6.61 Å². The molecule has 0 bridgehead atoms. The number of carbonyl (C=O) groups excluding carboxylic acids is 1. The second-order valence-corrected chi connectivity index (χ2v) is 8.60. The highest BCUT2D eigenvalue weighted by molar-refractivity contribution is 9.10. The third-order valence-electron chi connectivity index (χ3n) is 5.57. The van der Waals surface area contributed by atoms with E-state index in [9.17, 15) is 4.79 Å². The second kappa shape index (κ2) is 9.03. The van der Waals surface area contributed by atoms with Crippen molar-refractivity contribution in [1.82, 2.24) is 30.2 Å². The van der Waals surface area contributed by atoms with Gasteiger partial charge in [-0.15, -0.1) is 5.10 Å². The molecule has 11 heteroatoms. The van der Waals surface area contributed by atoms with Crippen molar-refractivity contribution in [1.29, 1.82) is 0 Å². The van der Waals surface area contributed by atoms with Gasteiger partial charge in [-0.2, -0.15) is 0 Å². The quantitative estimate of drug-likeness (QED) is 0.287. The van der Waals surface area contributed by atoms with E-state index >= 15 is 0 Å². The molecule has 2 aliphatic rings. The lowest BCUT2D eigenvalue weighted by Gasteiger charge is -2.14. The zero-order valence-corrected chi connectivity index (χ0v) is 20.5. The zero-order chi connectivity index (χ0) is 23.8. The van der Waals surface area contributed by atoms with Crippen molar-refractivity contribution in [3.63, 3.8) is 0 Å². The van der Waals surface area contributed by atoms with Crippen LogP contribution in [0.1, 0.15) is 28.8 Å². The first kappa shape index (κ1) is 22.3. The number of fused-ring (bicyclic) bond motifs is 1. The van der Waals surface area contributed by atoms with Crippen LogP contribution >= 0.6 is 27.5 Å². The van der Waals surface area contributed by atoms with Crippen LogP contribution in [0.4, 0.5) is 0 Å². The maximum absolute atomic E-state index is 12.7. The van der Waals surface area contributed by atoms with Crippen molar-refractivity contribution in [3.8, 4) is 33.6 Å². The topological polar surface area (TPSA) is 112 Å². The molecule has 0 spiro atoms. The smallest absolute Gasteiger partial charge is 0.358 e. The SMILES string of the molecule is CCOC(=O)c1c(Cl)nc(C)n1Cc1c2ccocc-2c(Br)c1-c1ccccc1-c1nnn[nH]1. The molecule has 0 amide bonds. The van der Waals surface area contributed by atoms with Gasteiger partial charge in [-0.25, -0.2) is 14.9 Å². The number of esters is 1. The summed E-state index contributed by atoms with van der Waals surface area (Å²) in [5.41, 5.74) is 5.65. The predicted octanol–water partition coefficient (Wildman–Crippen LogP) is 5.38. The molecular weight excluding hydrogens is 524 g/mol. The molecule has 2 aromatic heterocycles. The monoisotopic (exact) mass is 540 g/mol. The van der Waals surface area contributed by atoms with Gasteiger partial charge in [0.2, 0.25) is 0 Å². The third kappa shape index (κ3) is 3.68. The first-order chi connectivity index (χ1) is 16.5. The molecule has 9 nitrogen and oxygen atoms in total. The maximum atomic E-state index is 12.7. The fraction of sp³-hybridized carbons (Fsp3) is 0.174. The molecule has 0 atom stereocenters. The molecule has 1 aliphatic heterocycles. The van der Waals surface area contributed by atoms with Crippen LogP contribution in [-0.2, 0) is 11.3 Å². The molecule has 0 saturated heterocycles. The number of nitrogens with one attached hydrogen (secondary N) is 1. The summed E-state index contributed by atoms with van der Waals surface area (Å²) in [5.74, 6) is 0.614. The Morgan fingerprint density at radius 2 is 2.00 bits per heavy atom. The van der Waals surface area contributed by atoms with Crippen LogP contribution in [0.2, 0.25) is 5.15 Å². The molecular formula is C23H18BrClN6O3. The van der Waals surface area contributed by atoms with E-state index < -0.39 is 5.97 Å². The highest BCUT2D eigenvalue weighted by atomic mass is 79.9. The summed E-state index contributed by atoms with van der Waals surface area (Å²) in [7, 11) is 0. The number of hydrogen-bond acceptors (Lipinski definition) is 7. The molecule has 0 saturated carbocycles. The number of aromatic nitrogens is 6. The summed E-state index contributed by atoms with van der Waals surface area (Å²) in [6, 6.07) is 9.71. The summed E-state index contributed by atoms with van der Waals surface area (Å²) >= 11 is 10.1. The number of rotatable bonds is 6. The number of tetrazole rings is 1. The van der Waals surface area contributed by atoms with Crippen LogP contribution in [0.25, 0.3) is 33.6 Å². The van der Waals surface area contributed by atoms with Gasteiger partial charge in [-0.3, -0.25) is 0 Å². The summed E-state index contributed by atoms with van der Waals surface area (Å²) in [6.07, 6.45) is 3.30. The van der Waals surface area contributed by atoms with Crippen LogP contribution in [0.3, 0.4) is 0 Å². The first-order valence-corrected chi connectivity index (χ1v) is 11.6. The van der Waals surface area contributed by atoms with E-state index in [1.165, 1.54) is 0 Å². The minimum absolute atomic E-state index is 0.107. The van der Waals surface area contributed by atoms with Gasteiger partial charge in [0.25, 0.3) is 0 Å². The summed E-state index contributed by atoms with van der Waals surface area (Å²) in [6.45, 7) is 4.11. The Kier molecular flexibility index (Phi) is 5.93. The number of H-pyrrole nitrogens is 1. The molecule has 0 fully saturated rings. The fourth-order valence-corrected chi connectivity index (χ4v) is 5.16. The van der Waals surface area contributed by atoms with Crippen molar-refractivity contribution in [3.05, 3.63) is 69.6 Å². The van der Waals surface area contributed by atoms with Gasteiger partial charge in [0.1, 0.15) is 5.82 Å². The van der Waals surface area contributed by atoms with Gasteiger partial charge in [-0.1, -0.05) is 35.9 Å². The molecule has 3 aromatic rings. The van der Waals surface area contributed by atoms with Crippen LogP contribution < -0.4 is 0 Å². The number of carbonyl (C=O) groups is 1. The minimum atomic E-state index is -0.521. The lowest BCUT2D eigenvalue weighted by molar-refractivity contribution is 0.0514. The molecule has 1 N–H and O–H groups in total. The van der Waals surface area contributed by atoms with Crippen LogP contribution in [0.5, 0.6) is 0 Å². The van der Waals surface area contributed by atoms with Crippen molar-refractivity contribution in [2.45, 2.75) is 20.4 Å². The molecule has 3 heterocycles. The maximum Gasteiger partial charge on any atom is 0.358 e. The van der Waals surface area contributed by atoms with E-state index in [2.05, 4.69) is 41.5 Å². The minimum Gasteiger partial charge on any atom is -0.472 e. The van der Waals surface area contributed by atoms with Gasteiger partial charge < -0.3 is 13.7 Å². The molecule has 0 unspecified atom stereocenters. The Morgan fingerprint density at radius 1 is 1.21 bits per heavy atom. The molecule has 172 valence electrons. The lowest BCUT2D eigenvalue weighted by Crippen LogP contribution is -2.15. The molecule has 34 heavy (non-hydrogen) atoms. The van der Waals surface area contributed by atoms with Crippen LogP contribution in [0, 0.1) is 6.92 Å². The van der Waals surface area contributed by atoms with Gasteiger partial charge in [-0.05, 0) is 63.0 Å². The van der Waals surface area contributed by atoms with E-state index in [0.29, 0.717) is 18.2 Å². The Labute approximate surface area is 207 Å². The van der Waals surface area contributed by atoms with Crippen molar-refractivity contribution >= 4 is 33.5 Å². The first-order valence-electron chi connectivity index (χ1n) is 10.4. The van der Waals surface area contributed by atoms with Crippen molar-refractivity contribution in [2.24, 2.45) is 0 Å². The van der Waals surface area contributed by atoms with E-state index in [4.69, 9.17) is 20.8 Å². The highest BCUT2D eigenvalue weighted by Crippen LogP contribution is 2.48. The molecule has 1 aliphatic carbocycles. The lowest BCUT2D eigenvalue weighted by atomic mass is 9.97. The number of aryl methyl sites for hydroxylation is 1. The Hall–Kier alpha value is -3.50. The van der Waals surface area contributed by atoms with Gasteiger partial charge in [0.05, 0.1) is 25.7 Å². The largest absolute Gasteiger partial charge is 0.472 e. The number of aromatic amines is 1. The molecule has 0 radical (unpaired) electrons. The van der Waals surface area contributed by atoms with E-state index in [0.717, 1.165) is 37.9 Å². The Morgan fingerprint density at radius 3 is 2.74 bits per heavy atom. The number of nitrogens with zero attached hydrogens (tertiary/aromatic N) is 5. The summed E-state index contributed by atoms with van der Waals surface area (Å²) in [5, 5.41) is 14.5. The highest BCUT2D eigenvalue weighted by Gasteiger charge is 2.29. The normalized spacial score (nSPS) is 11.3. The van der Waals surface area contributed by atoms with E-state index in [1.54, 1.807) is 30.9 Å². The van der Waals surface area contributed by atoms with Crippen LogP contribution in [-0.4, -0.2) is 42.8 Å². The number of benzene rings is 1. The Bertz CT molecular complexity index is 1460. The average molecular weight is 542 g/mol. The van der Waals surface area contributed by atoms with Gasteiger partial charge >= 0.3 is 5.97 Å². The fourth-order valence-electron chi connectivity index (χ4n) is 4.10. The molecule has 5 rings (SSSR count). The summed E-state index contributed by atoms with van der Waals surface area (Å²) < 4.78 is 13.3. The summed E-state index contributed by atoms with van der Waals surface area (Å²) in [4.78, 5) is 17.0. The predicted molar refractivity (Wildman–Crippen MR) is 129 cm³/mol. The zero-order valence-electron chi connectivity index (χ0n) is 18.2. The Balaban J connectivity index is 1.75. The van der Waals surface area contributed by atoms with E-state index in [1.807, 2.05) is 30.3 Å². The number of halogens is 2. The van der Waals surface area contributed by atoms with Gasteiger partial charge in [0.15, 0.2) is 16.7 Å². The molecule has 1 aromatic carbocycles.